The number of benzene rings is 3. The molecule has 0 N–H and O–H groups in total. The van der Waals surface area contributed by atoms with Gasteiger partial charge in [-0.05, 0) is 97.3 Å². The summed E-state index contributed by atoms with van der Waals surface area (Å²) in [4.78, 5) is 14.5. The van der Waals surface area contributed by atoms with Crippen LogP contribution in [0.25, 0.3) is 55.8 Å². The largest absolute Gasteiger partial charge is 0.486 e. The minimum absolute atomic E-state index is 0. The van der Waals surface area contributed by atoms with E-state index in [9.17, 15) is 0 Å². The number of rotatable bonds is 7. The van der Waals surface area contributed by atoms with Gasteiger partial charge >= 0.3 is 0 Å². The number of fused-ring (bicyclic) bond motifs is 3. The molecule has 4 aromatic heterocycles. The van der Waals surface area contributed by atoms with E-state index >= 15 is 0 Å². The molecule has 0 unspecified atom stereocenters. The molecule has 7 aromatic rings. The third-order valence-electron chi connectivity index (χ3n) is 11.2. The molecule has 0 aliphatic heterocycles. The van der Waals surface area contributed by atoms with Crippen molar-refractivity contribution in [2.45, 2.75) is 107 Å². The number of furan rings is 1. The van der Waals surface area contributed by atoms with Crippen molar-refractivity contribution in [1.82, 2.24) is 15.0 Å². The van der Waals surface area contributed by atoms with Crippen LogP contribution in [0, 0.1) is 51.2 Å². The first-order chi connectivity index (χ1) is 26.6. The van der Waals surface area contributed by atoms with Gasteiger partial charge in [0.2, 0.25) is 5.71 Å². The molecule has 1 saturated carbocycles. The summed E-state index contributed by atoms with van der Waals surface area (Å²) < 4.78 is 6.16. The number of pyridine rings is 3. The van der Waals surface area contributed by atoms with Gasteiger partial charge < -0.3 is 14.4 Å². The monoisotopic (exact) mass is 948 g/mol. The Labute approximate surface area is 355 Å². The Hall–Kier alpha value is -4.22. The van der Waals surface area contributed by atoms with Gasteiger partial charge in [-0.15, -0.1) is 59.7 Å². The van der Waals surface area contributed by atoms with E-state index in [4.69, 9.17) is 19.4 Å². The zero-order chi connectivity index (χ0) is 39.8. The smallest absolute Gasteiger partial charge is 0.216 e. The first-order valence-corrected chi connectivity index (χ1v) is 23.9. The Morgan fingerprint density at radius 3 is 2.09 bits per heavy atom. The van der Waals surface area contributed by atoms with Crippen LogP contribution in [0.2, 0.25) is 19.6 Å². The van der Waals surface area contributed by atoms with E-state index in [1.165, 1.54) is 69.8 Å². The first kappa shape index (κ1) is 42.4. The third-order valence-corrected chi connectivity index (χ3v) is 13.3. The van der Waals surface area contributed by atoms with E-state index < -0.39 is 8.07 Å². The summed E-state index contributed by atoms with van der Waals surface area (Å²) in [5.41, 5.74) is 15.9. The molecule has 4 heterocycles. The third kappa shape index (κ3) is 9.91. The maximum Gasteiger partial charge on any atom is 0.216 e. The Morgan fingerprint density at radius 2 is 1.44 bits per heavy atom. The van der Waals surface area contributed by atoms with Gasteiger partial charge in [-0.3, -0.25) is 0 Å². The second-order valence-corrected chi connectivity index (χ2v) is 23.4. The summed E-state index contributed by atoms with van der Waals surface area (Å²) in [5, 5.41) is 3.56. The SMILES string of the molecule is CC(C)(C)Cc1cc(-c2[c-]cccc2)ncc1[Si](C)(C)C.Cc1cc(C)c(-c2ccc3c(n2)oc2c[c-]c(-c4cc(C)c(CC5CCCC5)cn4)cc23)c(C)c1.[Ir]. The molecule has 57 heavy (non-hydrogen) atoms. The summed E-state index contributed by atoms with van der Waals surface area (Å²) in [5.74, 6) is 0.825. The molecule has 6 heteroatoms. The molecule has 1 radical (unpaired) electrons. The van der Waals surface area contributed by atoms with E-state index in [0.717, 1.165) is 63.3 Å². The topological polar surface area (TPSA) is 51.8 Å². The minimum Gasteiger partial charge on any atom is -0.486 e. The van der Waals surface area contributed by atoms with Gasteiger partial charge in [-0.25, -0.2) is 4.98 Å². The molecule has 3 aromatic carbocycles. The van der Waals surface area contributed by atoms with Crippen LogP contribution < -0.4 is 5.19 Å². The molecule has 4 nitrogen and oxygen atoms in total. The number of nitrogens with zero attached hydrogens (tertiary/aromatic N) is 3. The first-order valence-electron chi connectivity index (χ1n) is 20.4. The number of aromatic nitrogens is 3. The van der Waals surface area contributed by atoms with Crippen LogP contribution in [-0.2, 0) is 32.9 Å². The molecule has 0 bridgehead atoms. The molecule has 0 saturated heterocycles. The van der Waals surface area contributed by atoms with Crippen molar-refractivity contribution in [3.63, 3.8) is 0 Å². The average Bonchev–Trinajstić information content (AvgIpc) is 3.79. The molecule has 0 amide bonds. The maximum absolute atomic E-state index is 6.16. The van der Waals surface area contributed by atoms with Crippen LogP contribution in [0.3, 0.4) is 0 Å². The Morgan fingerprint density at radius 1 is 0.737 bits per heavy atom. The Kier molecular flexibility index (Phi) is 12.9. The summed E-state index contributed by atoms with van der Waals surface area (Å²) in [6.45, 7) is 22.7. The Balaban J connectivity index is 0.000000215. The van der Waals surface area contributed by atoms with Crippen LogP contribution in [0.1, 0.15) is 79.8 Å². The normalized spacial score (nSPS) is 13.4. The summed E-state index contributed by atoms with van der Waals surface area (Å²) >= 11 is 0. The van der Waals surface area contributed by atoms with Gasteiger partial charge in [-0.2, -0.15) is 0 Å². The fourth-order valence-corrected chi connectivity index (χ4v) is 10.1. The number of aryl methyl sites for hydroxylation is 4. The minimum atomic E-state index is -1.37. The van der Waals surface area contributed by atoms with Crippen LogP contribution in [0.5, 0.6) is 0 Å². The molecule has 8 rings (SSSR count). The van der Waals surface area contributed by atoms with Gasteiger partial charge in [0.05, 0.1) is 19.4 Å². The quantitative estimate of drug-likeness (QED) is 0.118. The van der Waals surface area contributed by atoms with E-state index in [-0.39, 0.29) is 25.5 Å². The van der Waals surface area contributed by atoms with Gasteiger partial charge in [0, 0.05) is 43.4 Å². The standard InChI is InChI=1S/C32H31N2O.C19H26NSi.Ir/c1-19-13-21(3)31(22(4)14-19)28-11-10-26-27-17-24(9-12-30(27)35-32(26)34-28)29-15-20(2)25(18-33-29)16-23-7-5-6-8-23;1-19(2,3)13-16-12-17(15-10-8-7-9-11-15)20-14-18(16)21(4,5)6;/h10-15,17-18,23H,5-8,16H2,1-4H3;7-10,12,14H,13H2,1-6H3;/q2*-1;. The van der Waals surface area contributed by atoms with Crippen LogP contribution in [0.4, 0.5) is 0 Å². The molecular weight excluding hydrogens is 891 g/mol. The maximum atomic E-state index is 6.16. The molecule has 1 aliphatic carbocycles. The predicted molar refractivity (Wildman–Crippen MR) is 238 cm³/mol. The molecule has 1 aliphatic rings. The summed E-state index contributed by atoms with van der Waals surface area (Å²) in [6.07, 6.45) is 11.9. The van der Waals surface area contributed by atoms with E-state index in [1.807, 2.05) is 24.3 Å². The van der Waals surface area contributed by atoms with Gasteiger partial charge in [0.15, 0.2) is 0 Å². The van der Waals surface area contributed by atoms with Crippen molar-refractivity contribution < 1.29 is 24.5 Å². The molecule has 0 spiro atoms. The average molecular weight is 948 g/mol. The predicted octanol–water partition coefficient (Wildman–Crippen LogP) is 13.2. The van der Waals surface area contributed by atoms with Gasteiger partial charge in [0.25, 0.3) is 0 Å². The molecular formula is C51H57IrN3OSi-2. The number of hydrogen-bond donors (Lipinski definition) is 0. The number of hydrogen-bond acceptors (Lipinski definition) is 4. The van der Waals surface area contributed by atoms with Crippen LogP contribution in [0.15, 0.2) is 89.6 Å². The van der Waals surface area contributed by atoms with Crippen molar-refractivity contribution in [2.24, 2.45) is 11.3 Å². The van der Waals surface area contributed by atoms with Crippen molar-refractivity contribution in [3.8, 4) is 33.8 Å². The van der Waals surface area contributed by atoms with Crippen molar-refractivity contribution in [2.75, 3.05) is 0 Å². The molecule has 297 valence electrons. The Bertz CT molecular complexity index is 2480. The van der Waals surface area contributed by atoms with Crippen LogP contribution in [-0.4, -0.2) is 23.0 Å². The van der Waals surface area contributed by atoms with E-state index in [0.29, 0.717) is 5.71 Å². The van der Waals surface area contributed by atoms with Crippen LogP contribution >= 0.6 is 0 Å². The second kappa shape index (κ2) is 17.3. The zero-order valence-corrected chi connectivity index (χ0v) is 38.9. The fraction of sp³-hybridized carbons (Fsp3) is 0.353. The van der Waals surface area contributed by atoms with E-state index in [1.54, 1.807) is 0 Å². The summed E-state index contributed by atoms with van der Waals surface area (Å²) in [6, 6.07) is 32.0. The summed E-state index contributed by atoms with van der Waals surface area (Å²) in [7, 11) is -1.37. The van der Waals surface area contributed by atoms with E-state index in [2.05, 4.69) is 141 Å². The van der Waals surface area contributed by atoms with Crippen molar-refractivity contribution in [1.29, 1.82) is 0 Å². The second-order valence-electron chi connectivity index (χ2n) is 18.4. The molecule has 1 fully saturated rings. The molecule has 0 atom stereocenters. The van der Waals surface area contributed by atoms with Crippen molar-refractivity contribution >= 4 is 35.3 Å². The van der Waals surface area contributed by atoms with Crippen molar-refractivity contribution in [3.05, 3.63) is 131 Å². The van der Waals surface area contributed by atoms with Gasteiger partial charge in [-0.1, -0.05) is 112 Å². The fourth-order valence-electron chi connectivity index (χ4n) is 8.53. The zero-order valence-electron chi connectivity index (χ0n) is 35.5. The van der Waals surface area contributed by atoms with Gasteiger partial charge in [0.1, 0.15) is 0 Å².